The third kappa shape index (κ3) is 4.87. The van der Waals surface area contributed by atoms with Gasteiger partial charge in [0.1, 0.15) is 0 Å². The van der Waals surface area contributed by atoms with Crippen LogP contribution >= 0.6 is 0 Å². The number of nitrogens with zero attached hydrogens (tertiary/aromatic N) is 4. The predicted molar refractivity (Wildman–Crippen MR) is 104 cm³/mol. The summed E-state index contributed by atoms with van der Waals surface area (Å²) < 4.78 is 0. The van der Waals surface area contributed by atoms with Crippen molar-refractivity contribution in [2.24, 2.45) is 0 Å². The Hall–Kier alpha value is -1.82. The molecule has 0 aliphatic carbocycles. The van der Waals surface area contributed by atoms with Gasteiger partial charge in [-0.3, -0.25) is 14.9 Å². The average Bonchev–Trinajstić information content (AvgIpc) is 2.65. The van der Waals surface area contributed by atoms with Crippen molar-refractivity contribution in [3.63, 3.8) is 0 Å². The van der Waals surface area contributed by atoms with E-state index in [4.69, 9.17) is 0 Å². The predicted octanol–water partition coefficient (Wildman–Crippen LogP) is 2.55. The van der Waals surface area contributed by atoms with Crippen LogP contribution < -0.4 is 0 Å². The van der Waals surface area contributed by atoms with E-state index in [2.05, 4.69) is 45.7 Å². The first-order chi connectivity index (χ1) is 12.7. The van der Waals surface area contributed by atoms with E-state index in [0.29, 0.717) is 6.04 Å². The van der Waals surface area contributed by atoms with Crippen LogP contribution in [0.3, 0.4) is 0 Å². The van der Waals surface area contributed by atoms with Crippen molar-refractivity contribution in [3.05, 3.63) is 59.2 Å². The van der Waals surface area contributed by atoms with Crippen molar-refractivity contribution in [1.29, 1.82) is 0 Å². The third-order valence-electron chi connectivity index (χ3n) is 5.43. The van der Waals surface area contributed by atoms with Gasteiger partial charge in [0.25, 0.3) is 0 Å². The molecule has 1 N–H and O–H groups in total. The SMILES string of the molecule is Cc1cccnc1CN(Cc1ncccc1C)C1CCN(CCO)CC1. The van der Waals surface area contributed by atoms with Crippen molar-refractivity contribution in [1.82, 2.24) is 19.8 Å². The maximum Gasteiger partial charge on any atom is 0.0573 e. The topological polar surface area (TPSA) is 52.5 Å². The van der Waals surface area contributed by atoms with E-state index in [-0.39, 0.29) is 6.61 Å². The molecule has 2 aromatic heterocycles. The number of pyridine rings is 2. The molecule has 26 heavy (non-hydrogen) atoms. The van der Waals surface area contributed by atoms with Crippen LogP contribution in [0.2, 0.25) is 0 Å². The van der Waals surface area contributed by atoms with Gasteiger partial charge < -0.3 is 10.0 Å². The van der Waals surface area contributed by atoms with E-state index >= 15 is 0 Å². The molecular weight excluding hydrogens is 324 g/mol. The van der Waals surface area contributed by atoms with Crippen LogP contribution in [0, 0.1) is 13.8 Å². The first-order valence-corrected chi connectivity index (χ1v) is 9.55. The molecule has 3 heterocycles. The largest absolute Gasteiger partial charge is 0.395 e. The maximum atomic E-state index is 9.18. The molecular formula is C21H30N4O. The van der Waals surface area contributed by atoms with Gasteiger partial charge in [-0.1, -0.05) is 12.1 Å². The summed E-state index contributed by atoms with van der Waals surface area (Å²) in [5, 5.41) is 9.18. The van der Waals surface area contributed by atoms with Crippen molar-refractivity contribution in [3.8, 4) is 0 Å². The summed E-state index contributed by atoms with van der Waals surface area (Å²) in [4.78, 5) is 14.1. The zero-order chi connectivity index (χ0) is 18.4. The molecule has 1 saturated heterocycles. The van der Waals surface area contributed by atoms with E-state index in [0.717, 1.165) is 57.0 Å². The molecule has 0 atom stereocenters. The second-order valence-electron chi connectivity index (χ2n) is 7.24. The molecule has 0 bridgehead atoms. The lowest BCUT2D eigenvalue weighted by atomic mass is 10.0. The Kier molecular flexibility index (Phi) is 6.72. The molecule has 5 nitrogen and oxygen atoms in total. The molecule has 0 unspecified atom stereocenters. The number of hydrogen-bond donors (Lipinski definition) is 1. The van der Waals surface area contributed by atoms with Gasteiger partial charge in [0.05, 0.1) is 18.0 Å². The minimum absolute atomic E-state index is 0.245. The van der Waals surface area contributed by atoms with Crippen molar-refractivity contribution in [2.75, 3.05) is 26.2 Å². The Balaban J connectivity index is 1.75. The van der Waals surface area contributed by atoms with E-state index in [1.807, 2.05) is 24.5 Å². The molecule has 0 aromatic carbocycles. The fraction of sp³-hybridized carbons (Fsp3) is 0.524. The van der Waals surface area contributed by atoms with Crippen LogP contribution in [0.4, 0.5) is 0 Å². The van der Waals surface area contributed by atoms with Crippen LogP contribution in [0.25, 0.3) is 0 Å². The van der Waals surface area contributed by atoms with Crippen molar-refractivity contribution >= 4 is 0 Å². The van der Waals surface area contributed by atoms with Crippen LogP contribution in [0.5, 0.6) is 0 Å². The highest BCUT2D eigenvalue weighted by Gasteiger charge is 2.26. The Morgan fingerprint density at radius 2 is 1.54 bits per heavy atom. The smallest absolute Gasteiger partial charge is 0.0573 e. The molecule has 0 spiro atoms. The number of piperidine rings is 1. The van der Waals surface area contributed by atoms with Crippen molar-refractivity contribution in [2.45, 2.75) is 45.8 Å². The lowest BCUT2D eigenvalue weighted by molar-refractivity contribution is 0.0847. The molecule has 1 aliphatic heterocycles. The standard InChI is InChI=1S/C21H30N4O/c1-17-5-3-9-22-20(17)15-25(16-21-18(2)6-4-10-23-21)19-7-11-24(12-8-19)13-14-26/h3-6,9-10,19,26H,7-8,11-16H2,1-2H3. The Labute approximate surface area is 156 Å². The fourth-order valence-electron chi connectivity index (χ4n) is 3.72. The minimum atomic E-state index is 0.245. The number of β-amino-alcohol motifs (C(OH)–C–C–N with tert-alkyl or cyclic N) is 1. The van der Waals surface area contributed by atoms with Gasteiger partial charge in [0, 0.05) is 38.1 Å². The zero-order valence-electron chi connectivity index (χ0n) is 15.9. The Morgan fingerprint density at radius 1 is 1.00 bits per heavy atom. The quantitative estimate of drug-likeness (QED) is 0.828. The molecule has 140 valence electrons. The summed E-state index contributed by atoms with van der Waals surface area (Å²) in [7, 11) is 0. The van der Waals surface area contributed by atoms with E-state index < -0.39 is 0 Å². The summed E-state index contributed by atoms with van der Waals surface area (Å²) in [6.07, 6.45) is 6.02. The number of aliphatic hydroxyl groups is 1. The van der Waals surface area contributed by atoms with Gasteiger partial charge in [0.2, 0.25) is 0 Å². The van der Waals surface area contributed by atoms with Gasteiger partial charge in [0.15, 0.2) is 0 Å². The molecule has 0 radical (unpaired) electrons. The first kappa shape index (κ1) is 19.0. The fourth-order valence-corrected chi connectivity index (χ4v) is 3.72. The van der Waals surface area contributed by atoms with Crippen LogP contribution in [0.1, 0.15) is 35.4 Å². The van der Waals surface area contributed by atoms with E-state index in [9.17, 15) is 5.11 Å². The zero-order valence-corrected chi connectivity index (χ0v) is 15.9. The van der Waals surface area contributed by atoms with Crippen molar-refractivity contribution < 1.29 is 5.11 Å². The van der Waals surface area contributed by atoms with Crippen LogP contribution in [-0.2, 0) is 13.1 Å². The molecule has 0 saturated carbocycles. The number of aromatic nitrogens is 2. The van der Waals surface area contributed by atoms with Gasteiger partial charge >= 0.3 is 0 Å². The number of hydrogen-bond acceptors (Lipinski definition) is 5. The second kappa shape index (κ2) is 9.21. The number of rotatable bonds is 7. The monoisotopic (exact) mass is 354 g/mol. The van der Waals surface area contributed by atoms with E-state index in [1.165, 1.54) is 11.1 Å². The number of aryl methyl sites for hydroxylation is 2. The van der Waals surface area contributed by atoms with Gasteiger partial charge in [-0.15, -0.1) is 0 Å². The average molecular weight is 354 g/mol. The van der Waals surface area contributed by atoms with Crippen LogP contribution in [0.15, 0.2) is 36.7 Å². The lowest BCUT2D eigenvalue weighted by Crippen LogP contribution is -2.45. The maximum absolute atomic E-state index is 9.18. The van der Waals surface area contributed by atoms with Gasteiger partial charge in [-0.25, -0.2) is 0 Å². The highest BCUT2D eigenvalue weighted by molar-refractivity contribution is 5.20. The molecule has 1 aliphatic rings. The summed E-state index contributed by atoms with van der Waals surface area (Å²) in [6.45, 7) is 9.10. The lowest BCUT2D eigenvalue weighted by Gasteiger charge is -2.38. The summed E-state index contributed by atoms with van der Waals surface area (Å²) in [5.74, 6) is 0. The Bertz CT molecular complexity index is 650. The normalized spacial score (nSPS) is 16.3. The van der Waals surface area contributed by atoms with Crippen LogP contribution in [-0.4, -0.2) is 57.2 Å². The minimum Gasteiger partial charge on any atom is -0.395 e. The molecule has 1 fully saturated rings. The summed E-state index contributed by atoms with van der Waals surface area (Å²) >= 11 is 0. The summed E-state index contributed by atoms with van der Waals surface area (Å²) in [5.41, 5.74) is 4.79. The third-order valence-corrected chi connectivity index (χ3v) is 5.43. The highest BCUT2D eigenvalue weighted by Crippen LogP contribution is 2.22. The molecule has 3 rings (SSSR count). The number of likely N-dealkylation sites (tertiary alicyclic amines) is 1. The first-order valence-electron chi connectivity index (χ1n) is 9.55. The van der Waals surface area contributed by atoms with E-state index in [1.54, 1.807) is 0 Å². The Morgan fingerprint density at radius 3 is 2.00 bits per heavy atom. The summed E-state index contributed by atoms with van der Waals surface area (Å²) in [6, 6.07) is 8.79. The van der Waals surface area contributed by atoms with Gasteiger partial charge in [-0.05, 0) is 63.0 Å². The molecule has 0 amide bonds. The molecule has 2 aromatic rings. The number of aliphatic hydroxyl groups excluding tert-OH is 1. The highest BCUT2D eigenvalue weighted by atomic mass is 16.3. The second-order valence-corrected chi connectivity index (χ2v) is 7.24. The van der Waals surface area contributed by atoms with Gasteiger partial charge in [-0.2, -0.15) is 0 Å². The molecule has 5 heteroatoms.